The molecule has 1 aliphatic rings. The van der Waals surface area contributed by atoms with E-state index in [9.17, 15) is 18.6 Å². The van der Waals surface area contributed by atoms with E-state index in [0.717, 1.165) is 21.2 Å². The van der Waals surface area contributed by atoms with Crippen molar-refractivity contribution in [2.75, 3.05) is 19.6 Å². The predicted octanol–water partition coefficient (Wildman–Crippen LogP) is 0.459. The van der Waals surface area contributed by atoms with Crippen molar-refractivity contribution in [3.05, 3.63) is 60.4 Å². The molecule has 9 heteroatoms. The molecule has 8 nitrogen and oxygen atoms in total. The minimum absolute atomic E-state index is 0.0399. The number of aryl methyl sites for hydroxylation is 1. The number of aromatic nitrogens is 2. The number of para-hydroxylation sites is 2. The molecule has 3 aromatic rings. The molecule has 0 radical (unpaired) electrons. The second kappa shape index (κ2) is 7.51. The Bertz CT molecular complexity index is 1120. The summed E-state index contributed by atoms with van der Waals surface area (Å²) in [5.74, 6) is 0.788. The largest absolute Gasteiger partial charge is 0.389 e. The van der Waals surface area contributed by atoms with Crippen LogP contribution in [0.5, 0.6) is 0 Å². The lowest BCUT2D eigenvalue weighted by Crippen LogP contribution is -2.50. The van der Waals surface area contributed by atoms with Crippen LogP contribution < -0.4 is 5.32 Å². The van der Waals surface area contributed by atoms with Gasteiger partial charge in [0.2, 0.25) is 10.0 Å². The Hall–Kier alpha value is -2.30. The zero-order chi connectivity index (χ0) is 20.6. The van der Waals surface area contributed by atoms with Crippen LogP contribution in [0.25, 0.3) is 11.0 Å². The fraction of sp³-hybridized carbons (Fsp3) is 0.350. The van der Waals surface area contributed by atoms with Crippen LogP contribution in [-0.4, -0.2) is 63.8 Å². The minimum atomic E-state index is -3.77. The monoisotopic (exact) mass is 416 g/mol. The molecule has 1 aromatic heterocycles. The standard InChI is InChI=1S/C20H24N4O4S/c1-23-17-10-6-5-9-16(17)22-19(23)11-21-13-20(26)14-24(12-18(20)25)29(27,28)15-7-3-2-4-8-15/h2-10,18,21,25-26H,11-14H2,1H3/t18-,20+/m1/s1. The molecule has 2 heterocycles. The van der Waals surface area contributed by atoms with Gasteiger partial charge < -0.3 is 20.1 Å². The molecule has 0 aliphatic carbocycles. The molecular weight excluding hydrogens is 392 g/mol. The summed E-state index contributed by atoms with van der Waals surface area (Å²) < 4.78 is 28.6. The first-order valence-corrected chi connectivity index (χ1v) is 10.8. The van der Waals surface area contributed by atoms with Gasteiger partial charge in [0, 0.05) is 26.7 Å². The van der Waals surface area contributed by atoms with Crippen LogP contribution in [0.4, 0.5) is 0 Å². The first kappa shape index (κ1) is 20.0. The van der Waals surface area contributed by atoms with Gasteiger partial charge in [-0.2, -0.15) is 4.31 Å². The van der Waals surface area contributed by atoms with Crippen molar-refractivity contribution < 1.29 is 18.6 Å². The maximum Gasteiger partial charge on any atom is 0.243 e. The number of hydrogen-bond acceptors (Lipinski definition) is 6. The highest BCUT2D eigenvalue weighted by atomic mass is 32.2. The number of nitrogens with zero attached hydrogens (tertiary/aromatic N) is 3. The molecule has 2 aromatic carbocycles. The average Bonchev–Trinajstić information content (AvgIpc) is 3.20. The van der Waals surface area contributed by atoms with Crippen LogP contribution in [-0.2, 0) is 23.6 Å². The molecule has 3 N–H and O–H groups in total. The molecule has 0 unspecified atom stereocenters. The van der Waals surface area contributed by atoms with E-state index in [1.54, 1.807) is 18.2 Å². The lowest BCUT2D eigenvalue weighted by molar-refractivity contribution is -0.0385. The highest BCUT2D eigenvalue weighted by Gasteiger charge is 2.48. The molecule has 0 spiro atoms. The third kappa shape index (κ3) is 3.67. The van der Waals surface area contributed by atoms with Crippen molar-refractivity contribution in [2.45, 2.75) is 23.1 Å². The molecule has 2 atom stereocenters. The van der Waals surface area contributed by atoms with Gasteiger partial charge in [-0.05, 0) is 24.3 Å². The Labute approximate surface area is 169 Å². The molecule has 154 valence electrons. The Morgan fingerprint density at radius 3 is 2.59 bits per heavy atom. The maximum absolute atomic E-state index is 12.8. The summed E-state index contributed by atoms with van der Waals surface area (Å²) in [7, 11) is -1.86. The van der Waals surface area contributed by atoms with E-state index < -0.39 is 21.7 Å². The van der Waals surface area contributed by atoms with E-state index in [0.29, 0.717) is 6.54 Å². The van der Waals surface area contributed by atoms with E-state index in [2.05, 4.69) is 10.3 Å². The molecule has 1 saturated heterocycles. The second-order valence-electron chi connectivity index (χ2n) is 7.41. The summed E-state index contributed by atoms with van der Waals surface area (Å²) in [5.41, 5.74) is 0.308. The summed E-state index contributed by atoms with van der Waals surface area (Å²) >= 11 is 0. The molecule has 0 saturated carbocycles. The summed E-state index contributed by atoms with van der Waals surface area (Å²) in [5, 5.41) is 24.4. The Balaban J connectivity index is 1.44. The highest BCUT2D eigenvalue weighted by molar-refractivity contribution is 7.89. The topological polar surface area (TPSA) is 108 Å². The number of rotatable bonds is 6. The van der Waals surface area contributed by atoms with Gasteiger partial charge in [-0.15, -0.1) is 0 Å². The van der Waals surface area contributed by atoms with E-state index >= 15 is 0 Å². The number of hydrogen-bond donors (Lipinski definition) is 3. The average molecular weight is 417 g/mol. The summed E-state index contributed by atoms with van der Waals surface area (Å²) in [6, 6.07) is 15.8. The third-order valence-corrected chi connectivity index (χ3v) is 7.25. The van der Waals surface area contributed by atoms with Crippen molar-refractivity contribution in [3.8, 4) is 0 Å². The van der Waals surface area contributed by atoms with Gasteiger partial charge in [0.1, 0.15) is 11.4 Å². The first-order valence-electron chi connectivity index (χ1n) is 9.38. The number of benzene rings is 2. The lowest BCUT2D eigenvalue weighted by atomic mass is 10.0. The van der Waals surface area contributed by atoms with Gasteiger partial charge in [0.05, 0.1) is 28.6 Å². The van der Waals surface area contributed by atoms with E-state index in [4.69, 9.17) is 0 Å². The van der Waals surface area contributed by atoms with Gasteiger partial charge >= 0.3 is 0 Å². The SMILES string of the molecule is Cn1c(CNC[C@]2(O)CN(S(=O)(=O)c3ccccc3)C[C@H]2O)nc2ccccc21. The molecular formula is C20H24N4O4S. The quantitative estimate of drug-likeness (QED) is 0.539. The highest BCUT2D eigenvalue weighted by Crippen LogP contribution is 2.27. The number of nitrogens with one attached hydrogen (secondary N) is 1. The molecule has 0 bridgehead atoms. The maximum atomic E-state index is 12.8. The van der Waals surface area contributed by atoms with Crippen LogP contribution in [0.3, 0.4) is 0 Å². The minimum Gasteiger partial charge on any atom is -0.389 e. The van der Waals surface area contributed by atoms with Crippen molar-refractivity contribution in [3.63, 3.8) is 0 Å². The fourth-order valence-corrected chi connectivity index (χ4v) is 5.21. The zero-order valence-corrected chi connectivity index (χ0v) is 16.9. The summed E-state index contributed by atoms with van der Waals surface area (Å²) in [6.07, 6.45) is -1.19. The van der Waals surface area contributed by atoms with Crippen LogP contribution >= 0.6 is 0 Å². The normalized spacial score (nSPS) is 23.1. The molecule has 0 amide bonds. The second-order valence-corrected chi connectivity index (χ2v) is 9.35. The first-order chi connectivity index (χ1) is 13.8. The number of aliphatic hydroxyl groups excluding tert-OH is 1. The van der Waals surface area contributed by atoms with Crippen LogP contribution in [0, 0.1) is 0 Å². The Kier molecular flexibility index (Phi) is 5.18. The van der Waals surface area contributed by atoms with Crippen molar-refractivity contribution in [1.29, 1.82) is 0 Å². The molecule has 1 aliphatic heterocycles. The molecule has 1 fully saturated rings. The van der Waals surface area contributed by atoms with Crippen LogP contribution in [0.2, 0.25) is 0 Å². The Morgan fingerprint density at radius 2 is 1.86 bits per heavy atom. The van der Waals surface area contributed by atoms with Crippen LogP contribution in [0.1, 0.15) is 5.82 Å². The summed E-state index contributed by atoms with van der Waals surface area (Å²) in [6.45, 7) is 0.0897. The smallest absolute Gasteiger partial charge is 0.243 e. The van der Waals surface area contributed by atoms with Gasteiger partial charge in [-0.1, -0.05) is 30.3 Å². The summed E-state index contributed by atoms with van der Waals surface area (Å²) in [4.78, 5) is 4.70. The van der Waals surface area contributed by atoms with Gasteiger partial charge in [-0.25, -0.2) is 13.4 Å². The van der Waals surface area contributed by atoms with E-state index in [1.807, 2.05) is 35.9 Å². The number of aliphatic hydroxyl groups is 2. The van der Waals surface area contributed by atoms with E-state index in [-0.39, 0.29) is 24.5 Å². The molecule has 4 rings (SSSR count). The lowest BCUT2D eigenvalue weighted by Gasteiger charge is -2.26. The van der Waals surface area contributed by atoms with E-state index in [1.165, 1.54) is 12.1 Å². The predicted molar refractivity (Wildman–Crippen MR) is 109 cm³/mol. The zero-order valence-electron chi connectivity index (χ0n) is 16.1. The molecule has 29 heavy (non-hydrogen) atoms. The van der Waals surface area contributed by atoms with Gasteiger partial charge in [0.25, 0.3) is 0 Å². The van der Waals surface area contributed by atoms with Crippen molar-refractivity contribution in [2.24, 2.45) is 7.05 Å². The van der Waals surface area contributed by atoms with Gasteiger partial charge in [0.15, 0.2) is 0 Å². The Morgan fingerprint density at radius 1 is 1.17 bits per heavy atom. The fourth-order valence-electron chi connectivity index (χ4n) is 3.68. The number of fused-ring (bicyclic) bond motifs is 1. The number of β-amino-alcohol motifs (C(OH)–C–C–N with tert-alkyl or cyclic N) is 2. The van der Waals surface area contributed by atoms with Crippen molar-refractivity contribution >= 4 is 21.1 Å². The van der Waals surface area contributed by atoms with Crippen molar-refractivity contribution in [1.82, 2.24) is 19.2 Å². The van der Waals surface area contributed by atoms with Crippen LogP contribution in [0.15, 0.2) is 59.5 Å². The third-order valence-electron chi connectivity index (χ3n) is 5.42. The van der Waals surface area contributed by atoms with Gasteiger partial charge in [-0.3, -0.25) is 0 Å². The number of sulfonamides is 1. The number of imidazole rings is 1.